The van der Waals surface area contributed by atoms with Crippen LogP contribution in [0.25, 0.3) is 0 Å². The van der Waals surface area contributed by atoms with Gasteiger partial charge in [-0.3, -0.25) is 0 Å². The summed E-state index contributed by atoms with van der Waals surface area (Å²) in [5.41, 5.74) is 7.01. The topological polar surface area (TPSA) is 104 Å². The second kappa shape index (κ2) is 3.86. The molecule has 0 aromatic heterocycles. The number of carboxylic acids is 1. The quantitative estimate of drug-likeness (QED) is 0.521. The van der Waals surface area contributed by atoms with Crippen molar-refractivity contribution in [3.8, 4) is 0 Å². The molecule has 0 radical (unpaired) electrons. The van der Waals surface area contributed by atoms with E-state index in [1.54, 1.807) is 6.07 Å². The number of fused-ring (bicyclic) bond motifs is 1. The molecule has 86 valence electrons. The van der Waals surface area contributed by atoms with E-state index in [1.807, 2.05) is 0 Å². The first-order chi connectivity index (χ1) is 7.50. The van der Waals surface area contributed by atoms with E-state index in [2.05, 4.69) is 0 Å². The molecule has 0 heterocycles. The van der Waals surface area contributed by atoms with Gasteiger partial charge in [0.15, 0.2) is 0 Å². The molecule has 5 heteroatoms. The molecule has 1 aliphatic rings. The monoisotopic (exact) mass is 223 g/mol. The zero-order valence-electron chi connectivity index (χ0n) is 8.50. The summed E-state index contributed by atoms with van der Waals surface area (Å²) < 4.78 is 0. The molecule has 1 aromatic carbocycles. The molecule has 0 amide bonds. The lowest BCUT2D eigenvalue weighted by atomic mass is 9.83. The van der Waals surface area contributed by atoms with Crippen molar-refractivity contribution in [3.05, 3.63) is 34.9 Å². The van der Waals surface area contributed by atoms with Crippen LogP contribution in [0.5, 0.6) is 0 Å². The highest BCUT2D eigenvalue weighted by Crippen LogP contribution is 2.29. The van der Waals surface area contributed by atoms with E-state index < -0.39 is 24.2 Å². The zero-order chi connectivity index (χ0) is 11.9. The molecule has 0 saturated heterocycles. The number of hydrogen-bond acceptors (Lipinski definition) is 4. The molecule has 0 saturated carbocycles. The van der Waals surface area contributed by atoms with E-state index >= 15 is 0 Å². The third-order valence-electron chi connectivity index (χ3n) is 2.95. The number of aromatic carboxylic acids is 1. The first kappa shape index (κ1) is 11.1. The number of aliphatic hydroxyl groups excluding tert-OH is 2. The largest absolute Gasteiger partial charge is 0.478 e. The van der Waals surface area contributed by atoms with Gasteiger partial charge < -0.3 is 21.1 Å². The Morgan fingerprint density at radius 1 is 1.38 bits per heavy atom. The SMILES string of the molecule is NC1C(O)Cc2cc(C(=O)O)ccc2C1O. The fourth-order valence-electron chi connectivity index (χ4n) is 1.98. The Balaban J connectivity index is 2.45. The van der Waals surface area contributed by atoms with Crippen molar-refractivity contribution < 1.29 is 20.1 Å². The molecular formula is C11H13NO4. The second-order valence-electron chi connectivity index (χ2n) is 4.01. The summed E-state index contributed by atoms with van der Waals surface area (Å²) in [5, 5.41) is 28.2. The molecule has 0 aliphatic heterocycles. The number of carbonyl (C=O) groups is 1. The van der Waals surface area contributed by atoms with Gasteiger partial charge in [0.05, 0.1) is 23.8 Å². The maximum Gasteiger partial charge on any atom is 0.335 e. The minimum atomic E-state index is -1.03. The van der Waals surface area contributed by atoms with Crippen LogP contribution < -0.4 is 5.73 Å². The molecule has 0 bridgehead atoms. The molecule has 5 N–H and O–H groups in total. The lowest BCUT2D eigenvalue weighted by molar-refractivity contribution is 0.0432. The summed E-state index contributed by atoms with van der Waals surface area (Å²) >= 11 is 0. The average molecular weight is 223 g/mol. The van der Waals surface area contributed by atoms with Gasteiger partial charge in [0, 0.05) is 6.42 Å². The number of nitrogens with two attached hydrogens (primary N) is 1. The molecule has 16 heavy (non-hydrogen) atoms. The Morgan fingerprint density at radius 2 is 2.06 bits per heavy atom. The van der Waals surface area contributed by atoms with Crippen LogP contribution in [0.2, 0.25) is 0 Å². The van der Waals surface area contributed by atoms with E-state index in [4.69, 9.17) is 10.8 Å². The Hall–Kier alpha value is -1.43. The van der Waals surface area contributed by atoms with Crippen LogP contribution in [0.15, 0.2) is 18.2 Å². The third kappa shape index (κ3) is 1.69. The van der Waals surface area contributed by atoms with Crippen LogP contribution in [0.4, 0.5) is 0 Å². The number of hydrogen-bond donors (Lipinski definition) is 4. The van der Waals surface area contributed by atoms with Gasteiger partial charge in [0.25, 0.3) is 0 Å². The zero-order valence-corrected chi connectivity index (χ0v) is 8.50. The van der Waals surface area contributed by atoms with Gasteiger partial charge in [0.2, 0.25) is 0 Å². The summed E-state index contributed by atoms with van der Waals surface area (Å²) in [6, 6.07) is 3.73. The average Bonchev–Trinajstić information content (AvgIpc) is 2.25. The van der Waals surface area contributed by atoms with Gasteiger partial charge in [-0.15, -0.1) is 0 Å². The standard InChI is InChI=1S/C11H13NO4/c12-9-8(13)4-6-3-5(11(15)16)1-2-7(6)10(9)14/h1-3,8-10,13-14H,4,12H2,(H,15,16). The fraction of sp³-hybridized carbons (Fsp3) is 0.364. The van der Waals surface area contributed by atoms with E-state index in [1.165, 1.54) is 12.1 Å². The number of carboxylic acid groups (broad SMARTS) is 1. The normalized spacial score (nSPS) is 28.6. The van der Waals surface area contributed by atoms with Crippen molar-refractivity contribution in [2.75, 3.05) is 0 Å². The molecule has 3 unspecified atom stereocenters. The van der Waals surface area contributed by atoms with Crippen LogP contribution in [0, 0.1) is 0 Å². The van der Waals surface area contributed by atoms with Crippen LogP contribution in [-0.4, -0.2) is 33.4 Å². The van der Waals surface area contributed by atoms with Crippen LogP contribution >= 0.6 is 0 Å². The van der Waals surface area contributed by atoms with Gasteiger partial charge in [-0.1, -0.05) is 6.07 Å². The molecule has 5 nitrogen and oxygen atoms in total. The second-order valence-corrected chi connectivity index (χ2v) is 4.01. The maximum atomic E-state index is 10.8. The first-order valence-electron chi connectivity index (χ1n) is 4.98. The van der Waals surface area contributed by atoms with Crippen LogP contribution in [-0.2, 0) is 6.42 Å². The maximum absolute atomic E-state index is 10.8. The van der Waals surface area contributed by atoms with Crippen LogP contribution in [0.3, 0.4) is 0 Å². The molecule has 1 aromatic rings. The summed E-state index contributed by atoms with van der Waals surface area (Å²) in [6.07, 6.45) is -1.51. The van der Waals surface area contributed by atoms with Crippen LogP contribution in [0.1, 0.15) is 27.6 Å². The number of aliphatic hydroxyl groups is 2. The first-order valence-corrected chi connectivity index (χ1v) is 4.98. The lowest BCUT2D eigenvalue weighted by Crippen LogP contribution is -2.44. The molecule has 1 aliphatic carbocycles. The molecule has 0 spiro atoms. The van der Waals surface area contributed by atoms with Crippen molar-refractivity contribution in [1.82, 2.24) is 0 Å². The van der Waals surface area contributed by atoms with Gasteiger partial charge in [0.1, 0.15) is 0 Å². The summed E-state index contributed by atoms with van der Waals surface area (Å²) in [5.74, 6) is -1.03. The minimum Gasteiger partial charge on any atom is -0.478 e. The highest BCUT2D eigenvalue weighted by Gasteiger charge is 2.32. The van der Waals surface area contributed by atoms with Crippen molar-refractivity contribution in [1.29, 1.82) is 0 Å². The fourth-order valence-corrected chi connectivity index (χ4v) is 1.98. The summed E-state index contributed by atoms with van der Waals surface area (Å²) in [6.45, 7) is 0. The highest BCUT2D eigenvalue weighted by atomic mass is 16.4. The van der Waals surface area contributed by atoms with E-state index in [0.717, 1.165) is 0 Å². The molecule has 2 rings (SSSR count). The van der Waals surface area contributed by atoms with Gasteiger partial charge in [-0.05, 0) is 23.3 Å². The van der Waals surface area contributed by atoms with Crippen molar-refractivity contribution in [2.45, 2.75) is 24.7 Å². The van der Waals surface area contributed by atoms with Gasteiger partial charge in [-0.25, -0.2) is 4.79 Å². The van der Waals surface area contributed by atoms with Crippen molar-refractivity contribution in [2.24, 2.45) is 5.73 Å². The van der Waals surface area contributed by atoms with E-state index in [0.29, 0.717) is 11.1 Å². The minimum absolute atomic E-state index is 0.147. The number of benzene rings is 1. The number of rotatable bonds is 1. The van der Waals surface area contributed by atoms with E-state index in [-0.39, 0.29) is 12.0 Å². The lowest BCUT2D eigenvalue weighted by Gasteiger charge is -2.31. The smallest absolute Gasteiger partial charge is 0.335 e. The summed E-state index contributed by atoms with van der Waals surface area (Å²) in [4.78, 5) is 10.8. The van der Waals surface area contributed by atoms with E-state index in [9.17, 15) is 15.0 Å². The Labute approximate surface area is 92.1 Å². The predicted octanol–water partition coefficient (Wildman–Crippen LogP) is -0.338. The molecule has 3 atom stereocenters. The highest BCUT2D eigenvalue weighted by molar-refractivity contribution is 5.88. The Morgan fingerprint density at radius 3 is 2.69 bits per heavy atom. The third-order valence-corrected chi connectivity index (χ3v) is 2.95. The van der Waals surface area contributed by atoms with Gasteiger partial charge >= 0.3 is 5.97 Å². The summed E-state index contributed by atoms with van der Waals surface area (Å²) in [7, 11) is 0. The Kier molecular flexibility index (Phi) is 2.67. The van der Waals surface area contributed by atoms with Gasteiger partial charge in [-0.2, -0.15) is 0 Å². The van der Waals surface area contributed by atoms with Crippen molar-refractivity contribution in [3.63, 3.8) is 0 Å². The Bertz CT molecular complexity index is 432. The molecular weight excluding hydrogens is 210 g/mol. The molecule has 0 fully saturated rings. The van der Waals surface area contributed by atoms with Crippen molar-refractivity contribution >= 4 is 5.97 Å². The predicted molar refractivity (Wildman–Crippen MR) is 56.0 cm³/mol.